The molecule has 0 aliphatic carbocycles. The highest BCUT2D eigenvalue weighted by Crippen LogP contribution is 2.36. The summed E-state index contributed by atoms with van der Waals surface area (Å²) in [6, 6.07) is 31.8. The van der Waals surface area contributed by atoms with Crippen LogP contribution in [0.15, 0.2) is 158 Å². The number of anilines is 2. The molecule has 0 saturated heterocycles. The minimum Gasteiger partial charge on any atom is -0.321 e. The molecular weight excluding hydrogens is 933 g/mol. The molecule has 2 N–H and O–H groups in total. The van der Waals surface area contributed by atoms with Gasteiger partial charge in [0.1, 0.15) is 28.5 Å². The smallest absolute Gasteiger partial charge is 0.321 e. The van der Waals surface area contributed by atoms with Crippen molar-refractivity contribution in [1.82, 2.24) is 28.7 Å². The van der Waals surface area contributed by atoms with Crippen molar-refractivity contribution in [3.05, 3.63) is 215 Å². The van der Waals surface area contributed by atoms with Crippen LogP contribution in [0.1, 0.15) is 37.7 Å². The van der Waals surface area contributed by atoms with Gasteiger partial charge in [0.05, 0.1) is 40.7 Å². The van der Waals surface area contributed by atoms with Crippen LogP contribution < -0.4 is 10.6 Å². The average Bonchev–Trinajstić information content (AvgIpc) is 4.00. The standard InChI is InChI=1S/C27H17F5N4O.C26H17F3N4O/c1-15-7-9-16(10-8-15)34-26(37)24-19(27(30,31)32)11-12-21(35-24)17-5-3-13-36-22(14-33-25(17)36)18-4-2-6-20(28)23(18)29;1-15-7-12-21(32-24(15)26(34)31-17-10-8-16(27)9-11-17)18-5-3-13-33-22(14-30-25(18)33)19-4-2-6-20(28)23(19)29/h2-14H,1H3,(H,34,37);2-14H,1H3,(H,31,34). The maximum atomic E-state index is 14.4. The summed E-state index contributed by atoms with van der Waals surface area (Å²) in [7, 11) is 0. The van der Waals surface area contributed by atoms with Crippen molar-refractivity contribution in [1.29, 1.82) is 0 Å². The van der Waals surface area contributed by atoms with Crippen LogP contribution >= 0.6 is 0 Å². The number of hydrogen-bond acceptors (Lipinski definition) is 6. The van der Waals surface area contributed by atoms with Crippen molar-refractivity contribution >= 4 is 34.5 Å². The fourth-order valence-electron chi connectivity index (χ4n) is 7.69. The van der Waals surface area contributed by atoms with E-state index in [0.717, 1.165) is 29.8 Å². The molecule has 4 aromatic carbocycles. The number of pyridine rings is 4. The zero-order valence-electron chi connectivity index (χ0n) is 37.0. The molecule has 6 heterocycles. The molecule has 354 valence electrons. The Morgan fingerprint density at radius 2 is 0.958 bits per heavy atom. The molecule has 0 radical (unpaired) electrons. The number of fused-ring (bicyclic) bond motifs is 2. The second-order valence-electron chi connectivity index (χ2n) is 16.0. The van der Waals surface area contributed by atoms with E-state index < -0.39 is 58.3 Å². The molecule has 0 aliphatic rings. The second-order valence-corrected chi connectivity index (χ2v) is 16.0. The molecule has 0 unspecified atom stereocenters. The fraction of sp³-hybridized carbons (Fsp3) is 0.0566. The van der Waals surface area contributed by atoms with Gasteiger partial charge >= 0.3 is 6.18 Å². The van der Waals surface area contributed by atoms with Gasteiger partial charge in [0, 0.05) is 46.0 Å². The second kappa shape index (κ2) is 19.1. The van der Waals surface area contributed by atoms with E-state index in [2.05, 4.69) is 30.6 Å². The van der Waals surface area contributed by atoms with Crippen LogP contribution in [-0.4, -0.2) is 40.6 Å². The predicted octanol–water partition coefficient (Wildman–Crippen LogP) is 13.0. The number of halogens is 8. The van der Waals surface area contributed by atoms with Crippen molar-refractivity contribution < 1.29 is 44.7 Å². The Bertz CT molecular complexity index is 3670. The fourth-order valence-corrected chi connectivity index (χ4v) is 7.69. The van der Waals surface area contributed by atoms with Crippen molar-refractivity contribution in [2.45, 2.75) is 20.0 Å². The van der Waals surface area contributed by atoms with Crippen LogP contribution in [0.2, 0.25) is 0 Å². The van der Waals surface area contributed by atoms with Crippen LogP contribution in [0.25, 0.3) is 56.3 Å². The molecule has 71 heavy (non-hydrogen) atoms. The third-order valence-electron chi connectivity index (χ3n) is 11.2. The highest BCUT2D eigenvalue weighted by molar-refractivity contribution is 6.05. The first-order valence-corrected chi connectivity index (χ1v) is 21.4. The van der Waals surface area contributed by atoms with Gasteiger partial charge in [-0.3, -0.25) is 18.4 Å². The van der Waals surface area contributed by atoms with Crippen molar-refractivity contribution in [3.8, 4) is 45.0 Å². The molecule has 10 aromatic rings. The van der Waals surface area contributed by atoms with E-state index in [0.29, 0.717) is 45.1 Å². The number of benzene rings is 4. The van der Waals surface area contributed by atoms with Crippen LogP contribution in [0.3, 0.4) is 0 Å². The Morgan fingerprint density at radius 3 is 1.46 bits per heavy atom. The lowest BCUT2D eigenvalue weighted by Gasteiger charge is -2.14. The Hall–Kier alpha value is -9.06. The number of amides is 2. The van der Waals surface area contributed by atoms with Gasteiger partial charge in [-0.15, -0.1) is 0 Å². The molecule has 0 fully saturated rings. The van der Waals surface area contributed by atoms with Gasteiger partial charge in [0.15, 0.2) is 23.3 Å². The maximum Gasteiger partial charge on any atom is 0.418 e. The summed E-state index contributed by atoms with van der Waals surface area (Å²) in [5.74, 6) is -5.86. The molecule has 2 amide bonds. The third kappa shape index (κ3) is 9.54. The van der Waals surface area contributed by atoms with Crippen LogP contribution in [-0.2, 0) is 6.18 Å². The molecule has 0 saturated carbocycles. The zero-order chi connectivity index (χ0) is 50.1. The molecule has 0 spiro atoms. The van der Waals surface area contributed by atoms with Gasteiger partial charge in [-0.1, -0.05) is 35.9 Å². The number of nitrogens with one attached hydrogen (secondary N) is 2. The van der Waals surface area contributed by atoms with Gasteiger partial charge in [-0.05, 0) is 123 Å². The Kier molecular flexibility index (Phi) is 12.7. The lowest BCUT2D eigenvalue weighted by molar-refractivity contribution is -0.138. The highest BCUT2D eigenvalue weighted by atomic mass is 19.4. The van der Waals surface area contributed by atoms with E-state index in [4.69, 9.17) is 0 Å². The van der Waals surface area contributed by atoms with Crippen LogP contribution in [0.4, 0.5) is 46.5 Å². The number of alkyl halides is 3. The van der Waals surface area contributed by atoms with Gasteiger partial charge in [0.2, 0.25) is 0 Å². The van der Waals surface area contributed by atoms with Crippen molar-refractivity contribution in [2.24, 2.45) is 0 Å². The lowest BCUT2D eigenvalue weighted by atomic mass is 10.1. The monoisotopic (exact) mass is 966 g/mol. The zero-order valence-corrected chi connectivity index (χ0v) is 37.0. The number of carbonyl (C=O) groups is 2. The van der Waals surface area contributed by atoms with E-state index in [-0.39, 0.29) is 33.9 Å². The number of hydrogen-bond donors (Lipinski definition) is 2. The van der Waals surface area contributed by atoms with Crippen LogP contribution in [0.5, 0.6) is 0 Å². The Balaban J connectivity index is 0.000000176. The summed E-state index contributed by atoms with van der Waals surface area (Å²) >= 11 is 0. The molecule has 6 aromatic heterocycles. The summed E-state index contributed by atoms with van der Waals surface area (Å²) in [6.45, 7) is 3.60. The number of aryl methyl sites for hydroxylation is 2. The first-order chi connectivity index (χ1) is 34.0. The summed E-state index contributed by atoms with van der Waals surface area (Å²) in [4.78, 5) is 43.1. The lowest BCUT2D eigenvalue weighted by Crippen LogP contribution is -2.21. The molecule has 10 rings (SSSR count). The highest BCUT2D eigenvalue weighted by Gasteiger charge is 2.37. The Labute approximate surface area is 398 Å². The van der Waals surface area contributed by atoms with E-state index in [1.54, 1.807) is 84.4 Å². The summed E-state index contributed by atoms with van der Waals surface area (Å²) in [5, 5.41) is 5.16. The van der Waals surface area contributed by atoms with E-state index in [1.165, 1.54) is 65.3 Å². The molecule has 10 nitrogen and oxygen atoms in total. The first kappa shape index (κ1) is 47.0. The van der Waals surface area contributed by atoms with Gasteiger partial charge < -0.3 is 10.6 Å². The van der Waals surface area contributed by atoms with Gasteiger partial charge in [0.25, 0.3) is 11.8 Å². The molecule has 0 atom stereocenters. The number of nitrogens with zero attached hydrogens (tertiary/aromatic N) is 6. The Morgan fingerprint density at radius 1 is 0.507 bits per heavy atom. The molecule has 0 bridgehead atoms. The maximum absolute atomic E-state index is 14.4. The minimum atomic E-state index is -4.83. The molecule has 0 aliphatic heterocycles. The number of rotatable bonds is 8. The first-order valence-electron chi connectivity index (χ1n) is 21.4. The van der Waals surface area contributed by atoms with Crippen molar-refractivity contribution in [2.75, 3.05) is 10.6 Å². The summed E-state index contributed by atoms with van der Waals surface area (Å²) in [5.41, 5.74) is 3.33. The summed E-state index contributed by atoms with van der Waals surface area (Å²) in [6.07, 6.45) is 1.22. The van der Waals surface area contributed by atoms with E-state index >= 15 is 0 Å². The minimum absolute atomic E-state index is 0.0387. The third-order valence-corrected chi connectivity index (χ3v) is 11.2. The number of imidazole rings is 2. The average molecular weight is 967 g/mol. The molecular formula is C53H34F8N8O2. The SMILES string of the molecule is Cc1ccc(-c2cccn3c(-c4cccc(F)c4F)cnc23)nc1C(=O)Nc1ccc(F)cc1.Cc1ccc(NC(=O)c2nc(-c3cccn4c(-c5cccc(F)c5F)cnc34)ccc2C(F)(F)F)cc1. The summed E-state index contributed by atoms with van der Waals surface area (Å²) < 4.78 is 114. The van der Waals surface area contributed by atoms with E-state index in [9.17, 15) is 44.7 Å². The normalized spacial score (nSPS) is 11.4. The van der Waals surface area contributed by atoms with Crippen LogP contribution in [0, 0.1) is 42.9 Å². The van der Waals surface area contributed by atoms with E-state index in [1.807, 2.05) is 6.92 Å². The number of aromatic nitrogens is 6. The van der Waals surface area contributed by atoms with Crippen molar-refractivity contribution in [3.63, 3.8) is 0 Å². The van der Waals surface area contributed by atoms with Gasteiger partial charge in [-0.2, -0.15) is 13.2 Å². The molecule has 18 heteroatoms. The largest absolute Gasteiger partial charge is 0.418 e. The number of carbonyl (C=O) groups excluding carboxylic acids is 2. The topological polar surface area (TPSA) is 119 Å². The quantitative estimate of drug-likeness (QED) is 0.146. The van der Waals surface area contributed by atoms with Gasteiger partial charge in [-0.25, -0.2) is 41.9 Å². The predicted molar refractivity (Wildman–Crippen MR) is 251 cm³/mol.